The zero-order chi connectivity index (χ0) is 32.1. The highest BCUT2D eigenvalue weighted by molar-refractivity contribution is 6.24. The molecule has 0 amide bonds. The molecule has 49 heavy (non-hydrogen) atoms. The molecule has 0 aliphatic heterocycles. The number of benzene rings is 7. The topological polar surface area (TPSA) is 69.9 Å². The Labute approximate surface area is 278 Å². The van der Waals surface area contributed by atoms with Crippen molar-refractivity contribution in [3.05, 3.63) is 146 Å². The van der Waals surface area contributed by atoms with Gasteiger partial charge in [-0.15, -0.1) is 0 Å². The van der Waals surface area contributed by atoms with E-state index in [4.69, 9.17) is 23.8 Å². The lowest BCUT2D eigenvalue weighted by atomic mass is 10.0. The average molecular weight is 629 g/mol. The molecule has 0 atom stereocenters. The largest absolute Gasteiger partial charge is 0.456 e. The molecule has 0 radical (unpaired) electrons. The Morgan fingerprint density at radius 1 is 0.408 bits per heavy atom. The van der Waals surface area contributed by atoms with E-state index in [9.17, 15) is 0 Å². The Balaban J connectivity index is 1.19. The molecule has 0 aliphatic carbocycles. The summed E-state index contributed by atoms with van der Waals surface area (Å²) in [6.45, 7) is 0. The zero-order valence-corrected chi connectivity index (χ0v) is 26.0. The Morgan fingerprint density at radius 3 is 2.04 bits per heavy atom. The Kier molecular flexibility index (Phi) is 5.29. The quantitative estimate of drug-likeness (QED) is 0.195. The number of para-hydroxylation sites is 2. The van der Waals surface area contributed by atoms with Gasteiger partial charge in [0.15, 0.2) is 11.6 Å². The predicted molar refractivity (Wildman–Crippen MR) is 197 cm³/mol. The summed E-state index contributed by atoms with van der Waals surface area (Å²) in [5.41, 5.74) is 7.07. The van der Waals surface area contributed by atoms with E-state index >= 15 is 0 Å². The van der Waals surface area contributed by atoms with Gasteiger partial charge in [0.25, 0.3) is 0 Å². The lowest BCUT2D eigenvalue weighted by Gasteiger charge is -2.11. The van der Waals surface area contributed by atoms with Crippen LogP contribution in [0.25, 0.3) is 105 Å². The van der Waals surface area contributed by atoms with Crippen LogP contribution in [0.3, 0.4) is 0 Å². The maximum atomic E-state index is 6.52. The fraction of sp³-hybridized carbons (Fsp3) is 0. The van der Waals surface area contributed by atoms with Crippen LogP contribution in [0.15, 0.2) is 154 Å². The van der Waals surface area contributed by atoms with Crippen molar-refractivity contribution in [2.45, 2.75) is 0 Å². The SMILES string of the molecule is c1ccc(-c2nc(-c3ccc4c(c3)oc3ccc5ccccc5c34)nc(-n3c4ccccc4c4c5oc6ccccc6c5ccc43)n2)cc1. The number of nitrogens with zero attached hydrogens (tertiary/aromatic N) is 4. The monoisotopic (exact) mass is 628 g/mol. The Hall–Kier alpha value is -6.79. The van der Waals surface area contributed by atoms with Gasteiger partial charge in [-0.05, 0) is 53.2 Å². The lowest BCUT2D eigenvalue weighted by Crippen LogP contribution is -2.06. The van der Waals surface area contributed by atoms with Gasteiger partial charge in [-0.2, -0.15) is 9.97 Å². The molecule has 0 unspecified atom stereocenters. The maximum absolute atomic E-state index is 6.52. The summed E-state index contributed by atoms with van der Waals surface area (Å²) in [7, 11) is 0. The first-order chi connectivity index (χ1) is 24.3. The van der Waals surface area contributed by atoms with Gasteiger partial charge in [-0.3, -0.25) is 4.57 Å². The summed E-state index contributed by atoms with van der Waals surface area (Å²) in [4.78, 5) is 15.3. The standard InChI is InChI=1S/C43H24N4O2/c1-2-11-26(12-3-1)41-44-42(27-18-20-32-37(24-27)48-36-23-19-25-10-4-5-13-28(25)38(32)36)46-43(45-41)47-33-16-8-6-15-31(33)39-34(47)22-21-30-29-14-7-9-17-35(29)49-40(30)39/h1-24H. The van der Waals surface area contributed by atoms with Gasteiger partial charge in [-0.25, -0.2) is 4.98 Å². The molecule has 0 saturated heterocycles. The normalized spacial score (nSPS) is 12.1. The number of hydrogen-bond donors (Lipinski definition) is 0. The molecule has 11 aromatic rings. The van der Waals surface area contributed by atoms with E-state index < -0.39 is 0 Å². The predicted octanol–water partition coefficient (Wildman–Crippen LogP) is 11.3. The first-order valence-corrected chi connectivity index (χ1v) is 16.3. The van der Waals surface area contributed by atoms with Gasteiger partial charge in [0.2, 0.25) is 5.95 Å². The van der Waals surface area contributed by atoms with Crippen molar-refractivity contribution >= 4 is 76.5 Å². The second-order valence-corrected chi connectivity index (χ2v) is 12.4. The van der Waals surface area contributed by atoms with Crippen molar-refractivity contribution in [2.24, 2.45) is 0 Å². The van der Waals surface area contributed by atoms with Gasteiger partial charge in [0, 0.05) is 38.1 Å². The molecule has 6 heteroatoms. The molecule has 0 spiro atoms. The summed E-state index contributed by atoms with van der Waals surface area (Å²) in [6.07, 6.45) is 0. The highest BCUT2D eigenvalue weighted by Crippen LogP contribution is 2.41. The number of hydrogen-bond acceptors (Lipinski definition) is 5. The van der Waals surface area contributed by atoms with E-state index in [-0.39, 0.29) is 0 Å². The summed E-state index contributed by atoms with van der Waals surface area (Å²) in [6, 6.07) is 49.7. The number of furan rings is 2. The lowest BCUT2D eigenvalue weighted by molar-refractivity contribution is 0.669. The van der Waals surface area contributed by atoms with Crippen LogP contribution in [0.2, 0.25) is 0 Å². The van der Waals surface area contributed by atoms with Gasteiger partial charge in [0.05, 0.1) is 16.4 Å². The highest BCUT2D eigenvalue weighted by Gasteiger charge is 2.22. The van der Waals surface area contributed by atoms with Crippen LogP contribution in [0.5, 0.6) is 0 Å². The maximum Gasteiger partial charge on any atom is 0.238 e. The van der Waals surface area contributed by atoms with E-state index in [1.807, 2.05) is 66.7 Å². The van der Waals surface area contributed by atoms with Crippen LogP contribution >= 0.6 is 0 Å². The third-order valence-corrected chi connectivity index (χ3v) is 9.66. The smallest absolute Gasteiger partial charge is 0.238 e. The summed E-state index contributed by atoms with van der Waals surface area (Å²) in [5, 5.41) is 8.81. The van der Waals surface area contributed by atoms with E-state index in [0.29, 0.717) is 17.6 Å². The van der Waals surface area contributed by atoms with Crippen LogP contribution in [0, 0.1) is 0 Å². The average Bonchev–Trinajstić information content (AvgIpc) is 3.84. The van der Waals surface area contributed by atoms with Crippen LogP contribution in [0.4, 0.5) is 0 Å². The van der Waals surface area contributed by atoms with E-state index in [0.717, 1.165) is 76.8 Å². The molecule has 4 aromatic heterocycles. The van der Waals surface area contributed by atoms with Crippen molar-refractivity contribution in [1.29, 1.82) is 0 Å². The van der Waals surface area contributed by atoms with E-state index in [1.54, 1.807) is 0 Å². The van der Waals surface area contributed by atoms with Crippen molar-refractivity contribution < 1.29 is 8.83 Å². The fourth-order valence-electron chi connectivity index (χ4n) is 7.45. The molecule has 7 aromatic carbocycles. The van der Waals surface area contributed by atoms with Gasteiger partial charge >= 0.3 is 0 Å². The molecule has 228 valence electrons. The zero-order valence-electron chi connectivity index (χ0n) is 26.0. The summed E-state index contributed by atoms with van der Waals surface area (Å²) < 4.78 is 15.1. The molecular weight excluding hydrogens is 604 g/mol. The number of rotatable bonds is 3. The minimum atomic E-state index is 0.529. The van der Waals surface area contributed by atoms with Crippen LogP contribution in [0.1, 0.15) is 0 Å². The Bertz CT molecular complexity index is 3120. The fourth-order valence-corrected chi connectivity index (χ4v) is 7.45. The van der Waals surface area contributed by atoms with Gasteiger partial charge < -0.3 is 8.83 Å². The second kappa shape index (κ2) is 9.86. The molecule has 6 nitrogen and oxygen atoms in total. The van der Waals surface area contributed by atoms with Crippen molar-refractivity contribution in [3.63, 3.8) is 0 Å². The second-order valence-electron chi connectivity index (χ2n) is 12.4. The van der Waals surface area contributed by atoms with Crippen LogP contribution in [-0.4, -0.2) is 19.5 Å². The summed E-state index contributed by atoms with van der Waals surface area (Å²) in [5.74, 6) is 1.68. The van der Waals surface area contributed by atoms with Crippen molar-refractivity contribution in [1.82, 2.24) is 19.5 Å². The molecule has 0 bridgehead atoms. The van der Waals surface area contributed by atoms with Crippen LogP contribution in [-0.2, 0) is 0 Å². The number of aromatic nitrogens is 4. The van der Waals surface area contributed by atoms with Crippen molar-refractivity contribution in [2.75, 3.05) is 0 Å². The number of fused-ring (bicyclic) bond motifs is 12. The molecule has 11 rings (SSSR count). The molecule has 0 aliphatic rings. The first-order valence-electron chi connectivity index (χ1n) is 16.3. The van der Waals surface area contributed by atoms with Crippen LogP contribution < -0.4 is 0 Å². The highest BCUT2D eigenvalue weighted by atomic mass is 16.3. The van der Waals surface area contributed by atoms with Gasteiger partial charge in [-0.1, -0.05) is 103 Å². The van der Waals surface area contributed by atoms with Gasteiger partial charge in [0.1, 0.15) is 22.3 Å². The molecule has 0 saturated carbocycles. The summed E-state index contributed by atoms with van der Waals surface area (Å²) >= 11 is 0. The third-order valence-electron chi connectivity index (χ3n) is 9.66. The Morgan fingerprint density at radius 2 is 1.14 bits per heavy atom. The minimum Gasteiger partial charge on any atom is -0.456 e. The first kappa shape index (κ1) is 26.3. The molecular formula is C43H24N4O2. The molecule has 0 N–H and O–H groups in total. The molecule has 4 heterocycles. The minimum absolute atomic E-state index is 0.529. The molecule has 0 fully saturated rings. The van der Waals surface area contributed by atoms with Crippen molar-refractivity contribution in [3.8, 4) is 28.7 Å². The third kappa shape index (κ3) is 3.79. The van der Waals surface area contributed by atoms with E-state index in [1.165, 1.54) is 10.8 Å². The van der Waals surface area contributed by atoms with E-state index in [2.05, 4.69) is 83.4 Å².